The molecule has 0 aromatic carbocycles. The van der Waals surface area contributed by atoms with E-state index in [2.05, 4.69) is 18.8 Å². The van der Waals surface area contributed by atoms with Crippen molar-refractivity contribution in [2.24, 2.45) is 5.92 Å². The number of Topliss-reactive ketones (excluding diaryl/α,β-unsaturated/α-hetero) is 1. The topological polar surface area (TPSA) is 39.2 Å². The van der Waals surface area contributed by atoms with Gasteiger partial charge in [0.2, 0.25) is 0 Å². The van der Waals surface area contributed by atoms with E-state index in [1.807, 2.05) is 0 Å². The molecule has 1 unspecified atom stereocenters. The predicted octanol–water partition coefficient (Wildman–Crippen LogP) is 2.71. The van der Waals surface area contributed by atoms with Crippen molar-refractivity contribution in [1.82, 2.24) is 4.98 Å². The third-order valence-electron chi connectivity index (χ3n) is 2.38. The minimum atomic E-state index is -0.0118. The normalized spacial score (nSPS) is 12.2. The van der Waals surface area contributed by atoms with E-state index < -0.39 is 0 Å². The van der Waals surface area contributed by atoms with E-state index in [0.29, 0.717) is 23.8 Å². The molecule has 3 nitrogen and oxygen atoms in total. The molecule has 0 saturated carbocycles. The van der Waals surface area contributed by atoms with E-state index >= 15 is 0 Å². The maximum Gasteiger partial charge on any atom is 0.165 e. The van der Waals surface area contributed by atoms with Gasteiger partial charge in [-0.2, -0.15) is 0 Å². The zero-order chi connectivity index (χ0) is 11.3. The van der Waals surface area contributed by atoms with Crippen LogP contribution in [0.2, 0.25) is 0 Å². The summed E-state index contributed by atoms with van der Waals surface area (Å²) in [5, 5.41) is 0. The highest BCUT2D eigenvalue weighted by molar-refractivity contribution is 5.96. The fraction of sp³-hybridized carbons (Fsp3) is 0.500. The molecule has 0 saturated heterocycles. The van der Waals surface area contributed by atoms with Gasteiger partial charge in [-0.05, 0) is 18.9 Å². The average molecular weight is 207 g/mol. The van der Waals surface area contributed by atoms with E-state index in [0.717, 1.165) is 6.42 Å². The second-order valence-corrected chi connectivity index (χ2v) is 3.75. The summed E-state index contributed by atoms with van der Waals surface area (Å²) in [5.41, 5.74) is 0.556. The Morgan fingerprint density at radius 1 is 1.60 bits per heavy atom. The van der Waals surface area contributed by atoms with Crippen molar-refractivity contribution in [2.45, 2.75) is 27.2 Å². The molecular formula is C12H17NO2. The Labute approximate surface area is 90.5 Å². The lowest BCUT2D eigenvalue weighted by Gasteiger charge is -2.12. The Hall–Kier alpha value is -1.38. The summed E-state index contributed by atoms with van der Waals surface area (Å²) < 4.78 is 5.59. The zero-order valence-corrected chi connectivity index (χ0v) is 9.49. The summed E-state index contributed by atoms with van der Waals surface area (Å²) in [4.78, 5) is 15.2. The van der Waals surface area contributed by atoms with Crippen LogP contribution in [0.5, 0.6) is 5.75 Å². The number of carbonyl (C=O) groups is 1. The fourth-order valence-electron chi connectivity index (χ4n) is 1.12. The molecule has 1 atom stereocenters. The predicted molar refractivity (Wildman–Crippen MR) is 59.2 cm³/mol. The van der Waals surface area contributed by atoms with Crippen LogP contribution < -0.4 is 4.74 Å². The van der Waals surface area contributed by atoms with Gasteiger partial charge in [0.05, 0.1) is 12.2 Å². The number of carbonyl (C=O) groups excluding carboxylic acids is 1. The highest BCUT2D eigenvalue weighted by Crippen LogP contribution is 2.18. The Balaban J connectivity index is 2.72. The minimum absolute atomic E-state index is 0.0118. The van der Waals surface area contributed by atoms with E-state index in [9.17, 15) is 4.79 Å². The van der Waals surface area contributed by atoms with Crippen LogP contribution in [0.4, 0.5) is 0 Å². The van der Waals surface area contributed by atoms with E-state index in [1.165, 1.54) is 6.92 Å². The van der Waals surface area contributed by atoms with Gasteiger partial charge in [0.1, 0.15) is 5.75 Å². The molecule has 1 heterocycles. The lowest BCUT2D eigenvalue weighted by molar-refractivity contribution is 0.101. The van der Waals surface area contributed by atoms with E-state index in [1.54, 1.807) is 18.5 Å². The first kappa shape index (κ1) is 11.7. The van der Waals surface area contributed by atoms with E-state index in [4.69, 9.17) is 4.74 Å². The Morgan fingerprint density at radius 2 is 2.33 bits per heavy atom. The van der Waals surface area contributed by atoms with Gasteiger partial charge in [0.25, 0.3) is 0 Å². The fourth-order valence-corrected chi connectivity index (χ4v) is 1.12. The number of hydrogen-bond acceptors (Lipinski definition) is 3. The maximum atomic E-state index is 11.3. The van der Waals surface area contributed by atoms with Gasteiger partial charge in [0.15, 0.2) is 5.78 Å². The number of pyridine rings is 1. The average Bonchev–Trinajstić information content (AvgIpc) is 2.26. The van der Waals surface area contributed by atoms with Crippen LogP contribution >= 0.6 is 0 Å². The number of aromatic nitrogens is 1. The molecule has 1 aromatic rings. The quantitative estimate of drug-likeness (QED) is 0.697. The molecule has 0 spiro atoms. The van der Waals surface area contributed by atoms with Gasteiger partial charge in [-0.15, -0.1) is 0 Å². The lowest BCUT2D eigenvalue weighted by atomic mass is 10.1. The van der Waals surface area contributed by atoms with Gasteiger partial charge in [0, 0.05) is 12.4 Å². The molecule has 0 bridgehead atoms. The summed E-state index contributed by atoms with van der Waals surface area (Å²) in [5.74, 6) is 1.12. The van der Waals surface area contributed by atoms with Crippen molar-refractivity contribution in [3.05, 3.63) is 24.0 Å². The number of ketones is 1. The standard InChI is InChI=1S/C12H17NO2/c1-4-9(2)8-15-12-5-6-13-7-11(12)10(3)14/h5-7,9H,4,8H2,1-3H3. The summed E-state index contributed by atoms with van der Waals surface area (Å²) in [7, 11) is 0. The van der Waals surface area contributed by atoms with Crippen molar-refractivity contribution in [1.29, 1.82) is 0 Å². The van der Waals surface area contributed by atoms with Crippen molar-refractivity contribution in [3.8, 4) is 5.75 Å². The smallest absolute Gasteiger partial charge is 0.165 e. The molecule has 3 heteroatoms. The highest BCUT2D eigenvalue weighted by atomic mass is 16.5. The van der Waals surface area contributed by atoms with Gasteiger partial charge in [-0.25, -0.2) is 0 Å². The Kier molecular flexibility index (Phi) is 4.28. The molecule has 0 fully saturated rings. The minimum Gasteiger partial charge on any atom is -0.492 e. The third kappa shape index (κ3) is 3.35. The first-order chi connectivity index (χ1) is 7.15. The largest absolute Gasteiger partial charge is 0.492 e. The third-order valence-corrected chi connectivity index (χ3v) is 2.38. The number of hydrogen-bond donors (Lipinski definition) is 0. The van der Waals surface area contributed by atoms with Gasteiger partial charge in [-0.3, -0.25) is 9.78 Å². The number of rotatable bonds is 5. The number of ether oxygens (including phenoxy) is 1. The maximum absolute atomic E-state index is 11.3. The Morgan fingerprint density at radius 3 is 2.93 bits per heavy atom. The van der Waals surface area contributed by atoms with Crippen LogP contribution in [0.15, 0.2) is 18.5 Å². The van der Waals surface area contributed by atoms with Crippen LogP contribution in [0.25, 0.3) is 0 Å². The van der Waals surface area contributed by atoms with Crippen molar-refractivity contribution in [3.63, 3.8) is 0 Å². The molecular weight excluding hydrogens is 190 g/mol. The highest BCUT2D eigenvalue weighted by Gasteiger charge is 2.09. The van der Waals surface area contributed by atoms with Gasteiger partial charge in [-0.1, -0.05) is 20.3 Å². The first-order valence-electron chi connectivity index (χ1n) is 5.22. The molecule has 0 N–H and O–H groups in total. The molecule has 15 heavy (non-hydrogen) atoms. The second kappa shape index (κ2) is 5.49. The van der Waals surface area contributed by atoms with Crippen LogP contribution in [0, 0.1) is 5.92 Å². The second-order valence-electron chi connectivity index (χ2n) is 3.75. The van der Waals surface area contributed by atoms with Gasteiger partial charge >= 0.3 is 0 Å². The molecule has 0 aliphatic heterocycles. The molecule has 0 amide bonds. The molecule has 0 aliphatic rings. The molecule has 1 aromatic heterocycles. The van der Waals surface area contributed by atoms with Crippen LogP contribution in [0.1, 0.15) is 37.6 Å². The molecule has 0 aliphatic carbocycles. The summed E-state index contributed by atoms with van der Waals surface area (Å²) in [6.45, 7) is 6.40. The van der Waals surface area contributed by atoms with E-state index in [-0.39, 0.29) is 5.78 Å². The number of nitrogens with zero attached hydrogens (tertiary/aromatic N) is 1. The van der Waals surface area contributed by atoms with Crippen LogP contribution in [0.3, 0.4) is 0 Å². The SMILES string of the molecule is CCC(C)COc1ccncc1C(C)=O. The van der Waals surface area contributed by atoms with Crippen molar-refractivity contribution < 1.29 is 9.53 Å². The molecule has 82 valence electrons. The van der Waals surface area contributed by atoms with Crippen LogP contribution in [-0.2, 0) is 0 Å². The van der Waals surface area contributed by atoms with Crippen molar-refractivity contribution in [2.75, 3.05) is 6.61 Å². The molecule has 0 radical (unpaired) electrons. The summed E-state index contributed by atoms with van der Waals surface area (Å²) >= 11 is 0. The summed E-state index contributed by atoms with van der Waals surface area (Å²) in [6, 6.07) is 1.74. The first-order valence-corrected chi connectivity index (χ1v) is 5.22. The molecule has 1 rings (SSSR count). The van der Waals surface area contributed by atoms with Crippen LogP contribution in [-0.4, -0.2) is 17.4 Å². The lowest BCUT2D eigenvalue weighted by Crippen LogP contribution is -2.09. The van der Waals surface area contributed by atoms with Gasteiger partial charge < -0.3 is 4.74 Å². The monoisotopic (exact) mass is 207 g/mol. The van der Waals surface area contributed by atoms with Crippen molar-refractivity contribution >= 4 is 5.78 Å². The zero-order valence-electron chi connectivity index (χ0n) is 9.49. The Bertz CT molecular complexity index is 336. The summed E-state index contributed by atoms with van der Waals surface area (Å²) in [6.07, 6.45) is 4.26.